The predicted molar refractivity (Wildman–Crippen MR) is 79.2 cm³/mol. The lowest BCUT2D eigenvalue weighted by Gasteiger charge is -2.16. The van der Waals surface area contributed by atoms with Crippen LogP contribution in [0.1, 0.15) is 23.9 Å². The van der Waals surface area contributed by atoms with Gasteiger partial charge in [-0.15, -0.1) is 0 Å². The second-order valence-corrected chi connectivity index (χ2v) is 7.09. The van der Waals surface area contributed by atoms with Crippen molar-refractivity contribution in [1.82, 2.24) is 23.9 Å². The van der Waals surface area contributed by atoms with Crippen LogP contribution in [-0.2, 0) is 30.2 Å². The van der Waals surface area contributed by atoms with Crippen LogP contribution in [0.2, 0.25) is 0 Å². The van der Waals surface area contributed by atoms with Gasteiger partial charge < -0.3 is 0 Å². The Kier molecular flexibility index (Phi) is 4.20. The Balaban J connectivity index is 2.30. The first kappa shape index (κ1) is 15.7. The number of hydrogen-bond donors (Lipinski definition) is 0. The highest BCUT2D eigenvalue weighted by molar-refractivity contribution is 7.89. The van der Waals surface area contributed by atoms with Crippen molar-refractivity contribution in [1.29, 1.82) is 0 Å². The fraction of sp³-hybridized carbons (Fsp3) is 0.538. The first-order chi connectivity index (χ1) is 9.77. The van der Waals surface area contributed by atoms with Crippen LogP contribution in [0.4, 0.5) is 0 Å². The van der Waals surface area contributed by atoms with Gasteiger partial charge >= 0.3 is 0 Å². The third kappa shape index (κ3) is 2.86. The quantitative estimate of drug-likeness (QED) is 0.828. The molecule has 8 heteroatoms. The van der Waals surface area contributed by atoms with E-state index in [0.717, 1.165) is 11.3 Å². The Labute approximate surface area is 125 Å². The van der Waals surface area contributed by atoms with Crippen molar-refractivity contribution in [3.63, 3.8) is 0 Å². The van der Waals surface area contributed by atoms with Crippen molar-refractivity contribution in [2.75, 3.05) is 7.05 Å². The van der Waals surface area contributed by atoms with Gasteiger partial charge in [-0.3, -0.25) is 9.36 Å². The van der Waals surface area contributed by atoms with Crippen LogP contribution in [0.3, 0.4) is 0 Å². The Morgan fingerprint density at radius 2 is 2.00 bits per heavy atom. The van der Waals surface area contributed by atoms with E-state index in [-0.39, 0.29) is 4.90 Å². The lowest BCUT2D eigenvalue weighted by Crippen LogP contribution is -2.27. The highest BCUT2D eigenvalue weighted by Gasteiger charge is 2.26. The molecule has 0 atom stereocenters. The molecule has 0 N–H and O–H groups in total. The summed E-state index contributed by atoms with van der Waals surface area (Å²) in [6.45, 7) is 6.48. The molecule has 2 aromatic heterocycles. The van der Waals surface area contributed by atoms with E-state index in [1.54, 1.807) is 35.7 Å². The van der Waals surface area contributed by atoms with Crippen molar-refractivity contribution >= 4 is 10.0 Å². The third-order valence-electron chi connectivity index (χ3n) is 3.64. The minimum Gasteiger partial charge on any atom is -0.273 e. The average molecular weight is 311 g/mol. The zero-order chi connectivity index (χ0) is 15.8. The van der Waals surface area contributed by atoms with Crippen LogP contribution in [0.5, 0.6) is 0 Å². The van der Waals surface area contributed by atoms with E-state index < -0.39 is 10.0 Å². The Morgan fingerprint density at radius 3 is 2.48 bits per heavy atom. The van der Waals surface area contributed by atoms with E-state index in [1.807, 2.05) is 20.9 Å². The van der Waals surface area contributed by atoms with Crippen molar-refractivity contribution in [2.45, 2.75) is 38.8 Å². The van der Waals surface area contributed by atoms with E-state index in [2.05, 4.69) is 10.2 Å². The number of aryl methyl sites for hydroxylation is 3. The van der Waals surface area contributed by atoms with Gasteiger partial charge in [-0.25, -0.2) is 8.42 Å². The molecule has 0 aliphatic heterocycles. The van der Waals surface area contributed by atoms with Gasteiger partial charge in [0.2, 0.25) is 10.0 Å². The molecule has 0 unspecified atom stereocenters. The van der Waals surface area contributed by atoms with Crippen LogP contribution >= 0.6 is 0 Å². The number of nitrogens with zero attached hydrogens (tertiary/aromatic N) is 5. The summed E-state index contributed by atoms with van der Waals surface area (Å²) in [7, 11) is -0.142. The van der Waals surface area contributed by atoms with Crippen LogP contribution in [0, 0.1) is 13.8 Å². The van der Waals surface area contributed by atoms with Gasteiger partial charge in [-0.2, -0.15) is 14.5 Å². The molecule has 0 amide bonds. The van der Waals surface area contributed by atoms with Gasteiger partial charge in [0.15, 0.2) is 0 Å². The van der Waals surface area contributed by atoms with Gasteiger partial charge in [0.1, 0.15) is 4.90 Å². The topological polar surface area (TPSA) is 73.0 Å². The Hall–Kier alpha value is -1.67. The molecule has 0 spiro atoms. The lowest BCUT2D eigenvalue weighted by molar-refractivity contribution is 0.465. The molecule has 0 radical (unpaired) electrons. The number of hydrogen-bond acceptors (Lipinski definition) is 4. The van der Waals surface area contributed by atoms with E-state index in [1.165, 1.54) is 4.31 Å². The van der Waals surface area contributed by atoms with E-state index >= 15 is 0 Å². The van der Waals surface area contributed by atoms with Gasteiger partial charge in [-0.1, -0.05) is 0 Å². The molecule has 0 aliphatic rings. The Morgan fingerprint density at radius 1 is 1.33 bits per heavy atom. The molecule has 0 saturated heterocycles. The minimum atomic E-state index is -3.55. The molecule has 0 saturated carbocycles. The van der Waals surface area contributed by atoms with Gasteiger partial charge in [0, 0.05) is 44.6 Å². The smallest absolute Gasteiger partial charge is 0.246 e. The second kappa shape index (κ2) is 5.61. The highest BCUT2D eigenvalue weighted by atomic mass is 32.2. The van der Waals surface area contributed by atoms with Crippen molar-refractivity contribution in [2.24, 2.45) is 7.05 Å². The molecular formula is C13H21N5O2S. The first-order valence-electron chi connectivity index (χ1n) is 6.75. The molecule has 0 aliphatic carbocycles. The second-order valence-electron chi connectivity index (χ2n) is 5.07. The zero-order valence-electron chi connectivity index (χ0n) is 13.0. The molecule has 116 valence electrons. The fourth-order valence-corrected chi connectivity index (χ4v) is 3.42. The van der Waals surface area contributed by atoms with E-state index in [0.29, 0.717) is 18.8 Å². The molecular weight excluding hydrogens is 290 g/mol. The molecule has 2 rings (SSSR count). The Bertz CT molecular complexity index is 745. The normalized spacial score (nSPS) is 12.3. The van der Waals surface area contributed by atoms with Crippen LogP contribution in [-0.4, -0.2) is 39.3 Å². The molecule has 2 heterocycles. The first-order valence-corrected chi connectivity index (χ1v) is 8.19. The minimum absolute atomic E-state index is 0.258. The summed E-state index contributed by atoms with van der Waals surface area (Å²) in [5.41, 5.74) is 2.37. The van der Waals surface area contributed by atoms with E-state index in [9.17, 15) is 8.42 Å². The fourth-order valence-electron chi connectivity index (χ4n) is 2.11. The maximum absolute atomic E-state index is 12.7. The molecule has 0 fully saturated rings. The van der Waals surface area contributed by atoms with Crippen LogP contribution in [0.25, 0.3) is 0 Å². The van der Waals surface area contributed by atoms with Crippen LogP contribution in [0.15, 0.2) is 17.3 Å². The molecule has 21 heavy (non-hydrogen) atoms. The molecule has 0 aromatic carbocycles. The van der Waals surface area contributed by atoms with Crippen LogP contribution < -0.4 is 0 Å². The average Bonchev–Trinajstić information content (AvgIpc) is 2.96. The zero-order valence-corrected chi connectivity index (χ0v) is 13.8. The predicted octanol–water partition coefficient (Wildman–Crippen LogP) is 1.07. The number of rotatable bonds is 5. The third-order valence-corrected chi connectivity index (χ3v) is 5.55. The maximum Gasteiger partial charge on any atom is 0.246 e. The van der Waals surface area contributed by atoms with E-state index in [4.69, 9.17) is 0 Å². The van der Waals surface area contributed by atoms with Gasteiger partial charge in [0.25, 0.3) is 0 Å². The van der Waals surface area contributed by atoms with Crippen molar-refractivity contribution in [3.05, 3.63) is 29.3 Å². The summed E-state index contributed by atoms with van der Waals surface area (Å²) in [6.07, 6.45) is 3.28. The monoisotopic (exact) mass is 311 g/mol. The molecule has 0 bridgehead atoms. The standard InChI is InChI=1S/C13H21N5O2S/c1-6-18-9-13(10(2)15-18)21(19,20)16(4)8-12-7-14-17(5)11(12)3/h7,9H,6,8H2,1-5H3. The lowest BCUT2D eigenvalue weighted by atomic mass is 10.3. The summed E-state index contributed by atoms with van der Waals surface area (Å²) >= 11 is 0. The highest BCUT2D eigenvalue weighted by Crippen LogP contribution is 2.20. The SMILES string of the molecule is CCn1cc(S(=O)(=O)N(C)Cc2cnn(C)c2C)c(C)n1. The van der Waals surface area contributed by atoms with Crippen molar-refractivity contribution < 1.29 is 8.42 Å². The summed E-state index contributed by atoms with van der Waals surface area (Å²) in [5, 5.41) is 8.34. The van der Waals surface area contributed by atoms with Gasteiger partial charge in [0.05, 0.1) is 11.9 Å². The summed E-state index contributed by atoms with van der Waals surface area (Å²) in [6, 6.07) is 0. The van der Waals surface area contributed by atoms with Gasteiger partial charge in [-0.05, 0) is 20.8 Å². The molecule has 7 nitrogen and oxygen atoms in total. The van der Waals surface area contributed by atoms with Crippen molar-refractivity contribution in [3.8, 4) is 0 Å². The maximum atomic E-state index is 12.7. The largest absolute Gasteiger partial charge is 0.273 e. The number of aromatic nitrogens is 4. The molecule has 2 aromatic rings. The number of sulfonamides is 1. The summed E-state index contributed by atoms with van der Waals surface area (Å²) < 4.78 is 30.0. The summed E-state index contributed by atoms with van der Waals surface area (Å²) in [5.74, 6) is 0. The summed E-state index contributed by atoms with van der Waals surface area (Å²) in [4.78, 5) is 0.258.